The Morgan fingerprint density at radius 2 is 1.76 bits per heavy atom. The number of nitrogens with one attached hydrogen (secondary N) is 1. The molecule has 0 aliphatic heterocycles. The van der Waals surface area contributed by atoms with Gasteiger partial charge < -0.3 is 14.9 Å². The SMILES string of the molecule is COC(=O)c1ccc(CNC(=O)CO/N=C\c2ccc(C)cc2)cc1. The Hall–Kier alpha value is -3.15. The van der Waals surface area contributed by atoms with Crippen LogP contribution in [0.1, 0.15) is 27.0 Å². The van der Waals surface area contributed by atoms with Crippen LogP contribution in [0.2, 0.25) is 0 Å². The van der Waals surface area contributed by atoms with Gasteiger partial charge in [0.2, 0.25) is 0 Å². The van der Waals surface area contributed by atoms with Crippen LogP contribution in [0.5, 0.6) is 0 Å². The van der Waals surface area contributed by atoms with E-state index in [0.29, 0.717) is 12.1 Å². The molecule has 6 nitrogen and oxygen atoms in total. The predicted molar refractivity (Wildman–Crippen MR) is 94.4 cm³/mol. The highest BCUT2D eigenvalue weighted by Crippen LogP contribution is 2.05. The number of esters is 1. The quantitative estimate of drug-likeness (QED) is 0.477. The lowest BCUT2D eigenvalue weighted by Gasteiger charge is -2.05. The first kappa shape index (κ1) is 18.2. The van der Waals surface area contributed by atoms with Gasteiger partial charge >= 0.3 is 5.97 Å². The van der Waals surface area contributed by atoms with Gasteiger partial charge in [-0.05, 0) is 30.2 Å². The van der Waals surface area contributed by atoms with Gasteiger partial charge in [0.1, 0.15) is 0 Å². The van der Waals surface area contributed by atoms with E-state index in [1.54, 1.807) is 30.5 Å². The summed E-state index contributed by atoms with van der Waals surface area (Å²) >= 11 is 0. The predicted octanol–water partition coefficient (Wildman–Crippen LogP) is 2.45. The van der Waals surface area contributed by atoms with Crippen molar-refractivity contribution in [2.75, 3.05) is 13.7 Å². The van der Waals surface area contributed by atoms with Crippen LogP contribution in [-0.4, -0.2) is 31.8 Å². The fraction of sp³-hybridized carbons (Fsp3) is 0.211. The molecule has 0 heterocycles. The van der Waals surface area contributed by atoms with Gasteiger partial charge in [0.15, 0.2) is 6.61 Å². The van der Waals surface area contributed by atoms with Crippen molar-refractivity contribution >= 4 is 18.1 Å². The van der Waals surface area contributed by atoms with Crippen molar-refractivity contribution < 1.29 is 19.2 Å². The first-order chi connectivity index (χ1) is 12.1. The average Bonchev–Trinajstić information content (AvgIpc) is 2.64. The second-order valence-electron chi connectivity index (χ2n) is 5.38. The van der Waals surface area contributed by atoms with Crippen LogP contribution in [0.4, 0.5) is 0 Å². The standard InChI is InChI=1S/C19H20N2O4/c1-14-3-5-16(6-4-14)12-21-25-13-18(22)20-11-15-7-9-17(10-8-15)19(23)24-2/h3-10,12H,11,13H2,1-2H3,(H,20,22)/b21-12-. The van der Waals surface area contributed by atoms with Gasteiger partial charge in [-0.25, -0.2) is 4.79 Å². The highest BCUT2D eigenvalue weighted by atomic mass is 16.6. The maximum atomic E-state index is 11.7. The number of rotatable bonds is 7. The number of amides is 1. The summed E-state index contributed by atoms with van der Waals surface area (Å²) in [5.41, 5.74) is 3.39. The normalized spacial score (nSPS) is 10.5. The second-order valence-corrected chi connectivity index (χ2v) is 5.38. The summed E-state index contributed by atoms with van der Waals surface area (Å²) in [6.45, 7) is 2.18. The molecule has 1 N–H and O–H groups in total. The molecular weight excluding hydrogens is 320 g/mol. The van der Waals surface area contributed by atoms with Crippen molar-refractivity contribution in [3.05, 3.63) is 70.8 Å². The molecule has 0 spiro atoms. The Balaban J connectivity index is 1.71. The second kappa shape index (κ2) is 9.22. The smallest absolute Gasteiger partial charge is 0.337 e. The van der Waals surface area contributed by atoms with Gasteiger partial charge in [-0.2, -0.15) is 0 Å². The minimum absolute atomic E-state index is 0.164. The van der Waals surface area contributed by atoms with Crippen molar-refractivity contribution in [3.8, 4) is 0 Å². The monoisotopic (exact) mass is 340 g/mol. The van der Waals surface area contributed by atoms with Gasteiger partial charge in [-0.3, -0.25) is 4.79 Å². The third kappa shape index (κ3) is 6.10. The third-order valence-corrected chi connectivity index (χ3v) is 3.41. The fourth-order valence-corrected chi connectivity index (χ4v) is 1.97. The number of hydrogen-bond acceptors (Lipinski definition) is 5. The minimum Gasteiger partial charge on any atom is -0.465 e. The third-order valence-electron chi connectivity index (χ3n) is 3.41. The molecule has 1 amide bonds. The lowest BCUT2D eigenvalue weighted by atomic mass is 10.1. The Labute approximate surface area is 146 Å². The summed E-state index contributed by atoms with van der Waals surface area (Å²) in [5, 5.41) is 6.48. The minimum atomic E-state index is -0.393. The molecule has 0 saturated carbocycles. The summed E-state index contributed by atoms with van der Waals surface area (Å²) in [6, 6.07) is 14.6. The van der Waals surface area contributed by atoms with Crippen LogP contribution < -0.4 is 5.32 Å². The number of ether oxygens (including phenoxy) is 1. The van der Waals surface area contributed by atoms with Gasteiger partial charge in [0.25, 0.3) is 5.91 Å². The van der Waals surface area contributed by atoms with Crippen LogP contribution in [-0.2, 0) is 20.9 Å². The van der Waals surface area contributed by atoms with E-state index in [9.17, 15) is 9.59 Å². The number of hydrogen-bond donors (Lipinski definition) is 1. The van der Waals surface area contributed by atoms with Crippen molar-refractivity contribution in [2.45, 2.75) is 13.5 Å². The molecule has 0 saturated heterocycles. The molecule has 0 aromatic heterocycles. The molecule has 0 fully saturated rings. The Kier molecular flexibility index (Phi) is 6.71. The van der Waals surface area contributed by atoms with Crippen molar-refractivity contribution in [3.63, 3.8) is 0 Å². The van der Waals surface area contributed by atoms with Gasteiger partial charge in [-0.15, -0.1) is 0 Å². The van der Waals surface area contributed by atoms with E-state index in [-0.39, 0.29) is 12.5 Å². The highest BCUT2D eigenvalue weighted by Gasteiger charge is 2.05. The molecule has 0 aliphatic rings. The molecule has 0 radical (unpaired) electrons. The summed E-state index contributed by atoms with van der Waals surface area (Å²) in [7, 11) is 1.33. The summed E-state index contributed by atoms with van der Waals surface area (Å²) in [5.74, 6) is -0.673. The average molecular weight is 340 g/mol. The maximum absolute atomic E-state index is 11.7. The van der Waals surface area contributed by atoms with Crippen LogP contribution in [0.25, 0.3) is 0 Å². The highest BCUT2D eigenvalue weighted by molar-refractivity contribution is 5.89. The first-order valence-corrected chi connectivity index (χ1v) is 7.74. The molecule has 130 valence electrons. The molecule has 2 aromatic rings. The molecular formula is C19H20N2O4. The largest absolute Gasteiger partial charge is 0.465 e. The van der Waals surface area contributed by atoms with Crippen molar-refractivity contribution in [2.24, 2.45) is 5.16 Å². The number of methoxy groups -OCH3 is 1. The molecule has 0 aliphatic carbocycles. The lowest BCUT2D eigenvalue weighted by molar-refractivity contribution is -0.125. The molecule has 2 rings (SSSR count). The van der Waals surface area contributed by atoms with E-state index < -0.39 is 5.97 Å². The van der Waals surface area contributed by atoms with Gasteiger partial charge in [0, 0.05) is 6.54 Å². The lowest BCUT2D eigenvalue weighted by Crippen LogP contribution is -2.26. The number of nitrogens with zero attached hydrogens (tertiary/aromatic N) is 1. The van der Waals surface area contributed by atoms with E-state index in [1.807, 2.05) is 31.2 Å². The van der Waals surface area contributed by atoms with Gasteiger partial charge in [0.05, 0.1) is 18.9 Å². The van der Waals surface area contributed by atoms with E-state index in [1.165, 1.54) is 7.11 Å². The van der Waals surface area contributed by atoms with E-state index in [2.05, 4.69) is 15.2 Å². The van der Waals surface area contributed by atoms with Crippen LogP contribution in [0.15, 0.2) is 53.7 Å². The van der Waals surface area contributed by atoms with E-state index in [4.69, 9.17) is 4.84 Å². The molecule has 25 heavy (non-hydrogen) atoms. The molecule has 6 heteroatoms. The number of aryl methyl sites for hydroxylation is 1. The van der Waals surface area contributed by atoms with Crippen LogP contribution in [0, 0.1) is 6.92 Å². The number of oxime groups is 1. The molecule has 0 atom stereocenters. The van der Waals surface area contributed by atoms with Crippen molar-refractivity contribution in [1.29, 1.82) is 0 Å². The first-order valence-electron chi connectivity index (χ1n) is 7.74. The Bertz CT molecular complexity index is 737. The molecule has 0 unspecified atom stereocenters. The Morgan fingerprint density at radius 3 is 2.40 bits per heavy atom. The number of benzene rings is 2. The molecule has 0 bridgehead atoms. The summed E-state index contributed by atoms with van der Waals surface area (Å²) in [4.78, 5) is 28.0. The molecule has 2 aromatic carbocycles. The summed E-state index contributed by atoms with van der Waals surface area (Å²) < 4.78 is 4.63. The van der Waals surface area contributed by atoms with Crippen LogP contribution >= 0.6 is 0 Å². The van der Waals surface area contributed by atoms with Gasteiger partial charge in [-0.1, -0.05) is 47.1 Å². The number of carbonyl (C=O) groups is 2. The summed E-state index contributed by atoms with van der Waals surface area (Å²) in [6.07, 6.45) is 1.55. The topological polar surface area (TPSA) is 77.0 Å². The zero-order valence-corrected chi connectivity index (χ0v) is 14.2. The zero-order valence-electron chi connectivity index (χ0n) is 14.2. The fourth-order valence-electron chi connectivity index (χ4n) is 1.97. The van der Waals surface area contributed by atoms with E-state index in [0.717, 1.165) is 16.7 Å². The zero-order chi connectivity index (χ0) is 18.1. The van der Waals surface area contributed by atoms with E-state index >= 15 is 0 Å². The Morgan fingerprint density at radius 1 is 1.08 bits per heavy atom. The van der Waals surface area contributed by atoms with Crippen LogP contribution in [0.3, 0.4) is 0 Å². The van der Waals surface area contributed by atoms with Crippen molar-refractivity contribution in [1.82, 2.24) is 5.32 Å². The maximum Gasteiger partial charge on any atom is 0.337 e. The number of carbonyl (C=O) groups excluding carboxylic acids is 2.